The van der Waals surface area contributed by atoms with E-state index in [9.17, 15) is 4.79 Å². The van der Waals surface area contributed by atoms with E-state index in [1.807, 2.05) is 11.8 Å². The molecule has 0 saturated carbocycles. The molecule has 6 heteroatoms. The number of nitrogens with zero attached hydrogens (tertiary/aromatic N) is 1. The zero-order valence-corrected chi connectivity index (χ0v) is 15.6. The lowest BCUT2D eigenvalue weighted by Crippen LogP contribution is -2.36. The van der Waals surface area contributed by atoms with Crippen LogP contribution in [0.3, 0.4) is 0 Å². The van der Waals surface area contributed by atoms with Gasteiger partial charge in [-0.1, -0.05) is 39.0 Å². The summed E-state index contributed by atoms with van der Waals surface area (Å²) in [6.07, 6.45) is 7.67. The third-order valence-electron chi connectivity index (χ3n) is 3.99. The predicted molar refractivity (Wildman–Crippen MR) is 97.0 cm³/mol. The number of carbonyl (C=O) groups is 1. The molecule has 1 amide bonds. The molecule has 6 nitrogen and oxygen atoms in total. The third-order valence-corrected chi connectivity index (χ3v) is 3.99. The molecule has 0 rings (SSSR count). The van der Waals surface area contributed by atoms with Crippen LogP contribution in [0.1, 0.15) is 58.8 Å². The summed E-state index contributed by atoms with van der Waals surface area (Å²) in [7, 11) is 0. The first-order chi connectivity index (χ1) is 11.6. The molecule has 144 valence electrons. The molecule has 1 atom stereocenters. The largest absolute Gasteiger partial charge is 0.395 e. The van der Waals surface area contributed by atoms with Gasteiger partial charge >= 0.3 is 0 Å². The zero-order chi connectivity index (χ0) is 18.0. The van der Waals surface area contributed by atoms with Gasteiger partial charge in [0.05, 0.1) is 25.9 Å². The first-order valence-corrected chi connectivity index (χ1v) is 9.46. The maximum Gasteiger partial charge on any atom is 0.220 e. The number of nitrogens with one attached hydrogen (secondary N) is 1. The molecular weight excluding hydrogens is 308 g/mol. The zero-order valence-electron chi connectivity index (χ0n) is 15.6. The van der Waals surface area contributed by atoms with Gasteiger partial charge in [0.2, 0.25) is 5.91 Å². The van der Waals surface area contributed by atoms with Crippen molar-refractivity contribution in [2.75, 3.05) is 46.0 Å². The molecule has 0 aromatic rings. The van der Waals surface area contributed by atoms with Gasteiger partial charge in [-0.25, -0.2) is 0 Å². The summed E-state index contributed by atoms with van der Waals surface area (Å²) in [4.78, 5) is 13.7. The fourth-order valence-corrected chi connectivity index (χ4v) is 2.47. The Balaban J connectivity index is 3.59. The number of hydrogen-bond acceptors (Lipinski definition) is 5. The second-order valence-electron chi connectivity index (χ2n) is 6.29. The van der Waals surface area contributed by atoms with E-state index in [2.05, 4.69) is 12.2 Å². The third kappa shape index (κ3) is 14.9. The van der Waals surface area contributed by atoms with Crippen LogP contribution in [0.25, 0.3) is 0 Å². The Morgan fingerprint density at radius 2 is 1.67 bits per heavy atom. The lowest BCUT2D eigenvalue weighted by Gasteiger charge is -2.21. The van der Waals surface area contributed by atoms with Gasteiger partial charge in [-0.2, -0.15) is 0 Å². The van der Waals surface area contributed by atoms with Gasteiger partial charge in [-0.15, -0.1) is 0 Å². The molecule has 0 aromatic carbocycles. The average molecular weight is 347 g/mol. The van der Waals surface area contributed by atoms with Gasteiger partial charge in [-0.3, -0.25) is 9.69 Å². The minimum atomic E-state index is -0.0383. The molecule has 0 radical (unpaired) electrons. The SMILES string of the molecule is CCCCCCCCC(=O)NCC(C)OCCN(CCO)CCO. The normalized spacial score (nSPS) is 12.5. The van der Waals surface area contributed by atoms with Gasteiger partial charge < -0.3 is 20.3 Å². The van der Waals surface area contributed by atoms with E-state index >= 15 is 0 Å². The standard InChI is InChI=1S/C18H38N2O4/c1-3-4-5-6-7-8-9-18(23)19-16-17(2)24-15-12-20(10-13-21)11-14-22/h17,21-22H,3-16H2,1-2H3,(H,19,23). The highest BCUT2D eigenvalue weighted by atomic mass is 16.5. The van der Waals surface area contributed by atoms with Crippen molar-refractivity contribution in [2.45, 2.75) is 64.9 Å². The number of hydrogen-bond donors (Lipinski definition) is 3. The molecule has 0 saturated heterocycles. The maximum atomic E-state index is 11.8. The van der Waals surface area contributed by atoms with Gasteiger partial charge in [0.15, 0.2) is 0 Å². The Morgan fingerprint density at radius 3 is 2.29 bits per heavy atom. The number of amides is 1. The van der Waals surface area contributed by atoms with Crippen molar-refractivity contribution < 1.29 is 19.7 Å². The molecule has 0 fully saturated rings. The Hall–Kier alpha value is -0.690. The molecule has 3 N–H and O–H groups in total. The Bertz CT molecular complexity index is 284. The van der Waals surface area contributed by atoms with E-state index in [0.717, 1.165) is 12.8 Å². The summed E-state index contributed by atoms with van der Waals surface area (Å²) < 4.78 is 5.67. The van der Waals surface area contributed by atoms with E-state index in [0.29, 0.717) is 39.2 Å². The van der Waals surface area contributed by atoms with Crippen LogP contribution in [0.2, 0.25) is 0 Å². The molecule has 0 aliphatic rings. The maximum absolute atomic E-state index is 11.8. The Kier molecular flexibility index (Phi) is 16.7. The molecule has 1 unspecified atom stereocenters. The van der Waals surface area contributed by atoms with Crippen LogP contribution in [0.5, 0.6) is 0 Å². The van der Waals surface area contributed by atoms with E-state index in [4.69, 9.17) is 14.9 Å². The van der Waals surface area contributed by atoms with Crippen LogP contribution in [-0.4, -0.2) is 73.1 Å². The summed E-state index contributed by atoms with van der Waals surface area (Å²) in [6, 6.07) is 0. The summed E-state index contributed by atoms with van der Waals surface area (Å²) in [5.74, 6) is 0.100. The molecular formula is C18H38N2O4. The minimum absolute atomic E-state index is 0.0383. The number of rotatable bonds is 17. The van der Waals surface area contributed by atoms with E-state index in [1.165, 1.54) is 25.7 Å². The van der Waals surface area contributed by atoms with Crippen molar-refractivity contribution in [1.82, 2.24) is 10.2 Å². The number of aliphatic hydroxyl groups is 2. The Labute approximate surface area is 147 Å². The van der Waals surface area contributed by atoms with E-state index < -0.39 is 0 Å². The summed E-state index contributed by atoms with van der Waals surface area (Å²) in [6.45, 7) is 7.07. The smallest absolute Gasteiger partial charge is 0.220 e. The topological polar surface area (TPSA) is 82.0 Å². The van der Waals surface area contributed by atoms with Crippen molar-refractivity contribution in [2.24, 2.45) is 0 Å². The molecule has 24 heavy (non-hydrogen) atoms. The first-order valence-electron chi connectivity index (χ1n) is 9.46. The summed E-state index contributed by atoms with van der Waals surface area (Å²) >= 11 is 0. The lowest BCUT2D eigenvalue weighted by molar-refractivity contribution is -0.121. The summed E-state index contributed by atoms with van der Waals surface area (Å²) in [5.41, 5.74) is 0. The van der Waals surface area contributed by atoms with Crippen LogP contribution >= 0.6 is 0 Å². The number of ether oxygens (including phenoxy) is 1. The van der Waals surface area contributed by atoms with Crippen LogP contribution < -0.4 is 5.32 Å². The van der Waals surface area contributed by atoms with Crippen LogP contribution in [0.15, 0.2) is 0 Å². The van der Waals surface area contributed by atoms with Crippen LogP contribution in [0.4, 0.5) is 0 Å². The highest BCUT2D eigenvalue weighted by Crippen LogP contribution is 2.06. The van der Waals surface area contributed by atoms with Crippen molar-refractivity contribution >= 4 is 5.91 Å². The summed E-state index contributed by atoms with van der Waals surface area (Å²) in [5, 5.41) is 20.8. The second kappa shape index (κ2) is 17.1. The fourth-order valence-electron chi connectivity index (χ4n) is 2.47. The Morgan fingerprint density at radius 1 is 1.04 bits per heavy atom. The monoisotopic (exact) mass is 346 g/mol. The van der Waals surface area contributed by atoms with Crippen molar-refractivity contribution in [3.05, 3.63) is 0 Å². The second-order valence-corrected chi connectivity index (χ2v) is 6.29. The minimum Gasteiger partial charge on any atom is -0.395 e. The molecule has 0 spiro atoms. The predicted octanol–water partition coefficient (Wildman–Crippen LogP) is 1.54. The lowest BCUT2D eigenvalue weighted by atomic mass is 10.1. The van der Waals surface area contributed by atoms with Gasteiger partial charge in [-0.05, 0) is 13.3 Å². The van der Waals surface area contributed by atoms with Gasteiger partial charge in [0.25, 0.3) is 0 Å². The van der Waals surface area contributed by atoms with E-state index in [-0.39, 0.29) is 25.2 Å². The van der Waals surface area contributed by atoms with Crippen LogP contribution in [0, 0.1) is 0 Å². The molecule has 0 heterocycles. The number of aliphatic hydroxyl groups excluding tert-OH is 2. The van der Waals surface area contributed by atoms with Crippen LogP contribution in [-0.2, 0) is 9.53 Å². The first kappa shape index (κ1) is 23.3. The molecule has 0 aliphatic carbocycles. The number of unbranched alkanes of at least 4 members (excludes halogenated alkanes) is 5. The molecule has 0 aliphatic heterocycles. The highest BCUT2D eigenvalue weighted by Gasteiger charge is 2.08. The average Bonchev–Trinajstić information content (AvgIpc) is 2.56. The fraction of sp³-hybridized carbons (Fsp3) is 0.944. The van der Waals surface area contributed by atoms with Gasteiger partial charge in [0, 0.05) is 32.6 Å². The molecule has 0 aromatic heterocycles. The van der Waals surface area contributed by atoms with Crippen molar-refractivity contribution in [3.63, 3.8) is 0 Å². The highest BCUT2D eigenvalue weighted by molar-refractivity contribution is 5.75. The van der Waals surface area contributed by atoms with E-state index in [1.54, 1.807) is 0 Å². The van der Waals surface area contributed by atoms with Gasteiger partial charge in [0.1, 0.15) is 0 Å². The number of carbonyl (C=O) groups excluding carboxylic acids is 1. The van der Waals surface area contributed by atoms with Crippen molar-refractivity contribution in [1.29, 1.82) is 0 Å². The quantitative estimate of drug-likeness (QED) is 0.348. The molecule has 0 bridgehead atoms. The van der Waals surface area contributed by atoms with Crippen molar-refractivity contribution in [3.8, 4) is 0 Å².